The zero-order valence-electron chi connectivity index (χ0n) is 6.36. The van der Waals surface area contributed by atoms with Crippen molar-refractivity contribution in [1.29, 1.82) is 0 Å². The maximum absolute atomic E-state index is 10.7. The number of carbonyl (C=O) groups is 2. The minimum absolute atomic E-state index is 0.0672. The van der Waals surface area contributed by atoms with E-state index < -0.39 is 6.09 Å². The van der Waals surface area contributed by atoms with E-state index in [0.717, 1.165) is 6.29 Å². The summed E-state index contributed by atoms with van der Waals surface area (Å²) in [6.07, 6.45) is 0.119. The van der Waals surface area contributed by atoms with Crippen molar-refractivity contribution in [3.8, 4) is 0 Å². The molecule has 2 aliphatic heterocycles. The third-order valence-electron chi connectivity index (χ3n) is 2.13. The van der Waals surface area contributed by atoms with E-state index in [0.29, 0.717) is 6.61 Å². The Kier molecular flexibility index (Phi) is 1.73. The average molecular weight is 171 g/mol. The molecule has 0 aliphatic carbocycles. The van der Waals surface area contributed by atoms with Crippen LogP contribution in [0.4, 0.5) is 4.79 Å². The summed E-state index contributed by atoms with van der Waals surface area (Å²) in [7, 11) is 0. The molecule has 0 aromatic carbocycles. The molecule has 0 spiro atoms. The van der Waals surface area contributed by atoms with Crippen LogP contribution in [0.15, 0.2) is 0 Å². The molecule has 0 unspecified atom stereocenters. The monoisotopic (exact) mass is 171 g/mol. The number of hydrogen-bond acceptors (Lipinski definition) is 4. The Morgan fingerprint density at radius 3 is 3.25 bits per heavy atom. The number of alkyl carbamates (subject to hydrolysis) is 1. The number of rotatable bonds is 2. The summed E-state index contributed by atoms with van der Waals surface area (Å²) in [6.45, 7) is 0.439. The fraction of sp³-hybridized carbons (Fsp3) is 0.714. The predicted octanol–water partition coefficient (Wildman–Crippen LogP) is -0.549. The standard InChI is InChI=1S/C7H9NO4/c9-2-1-5-6-4(3-11-5)8-7(10)12-6/h2,4-6H,1,3H2,(H,8,10)/t4-,5+,6-/m0/s1. The summed E-state index contributed by atoms with van der Waals surface area (Å²) < 4.78 is 10.2. The number of amides is 1. The Morgan fingerprint density at radius 2 is 2.50 bits per heavy atom. The minimum Gasteiger partial charge on any atom is -0.441 e. The summed E-state index contributed by atoms with van der Waals surface area (Å²) >= 11 is 0. The van der Waals surface area contributed by atoms with Crippen LogP contribution in [0.2, 0.25) is 0 Å². The summed E-state index contributed by atoms with van der Waals surface area (Å²) in [6, 6.07) is -0.0672. The Hall–Kier alpha value is -1.10. The lowest BCUT2D eigenvalue weighted by molar-refractivity contribution is -0.110. The van der Waals surface area contributed by atoms with E-state index in [1.807, 2.05) is 0 Å². The molecular formula is C7H9NO4. The predicted molar refractivity (Wildman–Crippen MR) is 37.6 cm³/mol. The van der Waals surface area contributed by atoms with E-state index in [-0.39, 0.29) is 24.7 Å². The van der Waals surface area contributed by atoms with Gasteiger partial charge in [0.2, 0.25) is 0 Å². The molecule has 2 fully saturated rings. The highest BCUT2D eigenvalue weighted by molar-refractivity contribution is 5.70. The maximum atomic E-state index is 10.7. The van der Waals surface area contributed by atoms with Crippen molar-refractivity contribution >= 4 is 12.4 Å². The molecule has 1 N–H and O–H groups in total. The largest absolute Gasteiger partial charge is 0.441 e. The SMILES string of the molecule is O=CC[C@H]1OC[C@@H]2NC(=O)O[C@@H]21. The normalized spacial score (nSPS) is 38.7. The zero-order valence-corrected chi connectivity index (χ0v) is 6.36. The van der Waals surface area contributed by atoms with Crippen LogP contribution in [0.25, 0.3) is 0 Å². The van der Waals surface area contributed by atoms with Gasteiger partial charge in [0.1, 0.15) is 12.4 Å². The third kappa shape index (κ3) is 1.06. The van der Waals surface area contributed by atoms with Gasteiger partial charge in [0.05, 0.1) is 12.6 Å². The fourth-order valence-electron chi connectivity index (χ4n) is 1.56. The molecule has 5 heteroatoms. The highest BCUT2D eigenvalue weighted by Crippen LogP contribution is 2.23. The molecule has 5 nitrogen and oxygen atoms in total. The molecule has 2 saturated heterocycles. The van der Waals surface area contributed by atoms with E-state index in [1.165, 1.54) is 0 Å². The van der Waals surface area contributed by atoms with Gasteiger partial charge in [-0.25, -0.2) is 4.79 Å². The van der Waals surface area contributed by atoms with Crippen LogP contribution in [0.3, 0.4) is 0 Å². The lowest BCUT2D eigenvalue weighted by atomic mass is 10.1. The van der Waals surface area contributed by atoms with Gasteiger partial charge in [0.25, 0.3) is 0 Å². The highest BCUT2D eigenvalue weighted by atomic mass is 16.6. The second kappa shape index (κ2) is 2.75. The van der Waals surface area contributed by atoms with Crippen molar-refractivity contribution in [2.24, 2.45) is 0 Å². The Morgan fingerprint density at radius 1 is 1.67 bits per heavy atom. The van der Waals surface area contributed by atoms with Crippen molar-refractivity contribution in [2.75, 3.05) is 6.61 Å². The first-order valence-electron chi connectivity index (χ1n) is 3.83. The molecule has 0 bridgehead atoms. The van der Waals surface area contributed by atoms with Gasteiger partial charge >= 0.3 is 6.09 Å². The first kappa shape index (κ1) is 7.54. The smallest absolute Gasteiger partial charge is 0.408 e. The van der Waals surface area contributed by atoms with E-state index in [2.05, 4.69) is 5.32 Å². The molecule has 0 saturated carbocycles. The molecule has 1 amide bonds. The minimum atomic E-state index is -0.413. The van der Waals surface area contributed by atoms with Crippen LogP contribution in [0, 0.1) is 0 Å². The fourth-order valence-corrected chi connectivity index (χ4v) is 1.56. The molecular weight excluding hydrogens is 162 g/mol. The van der Waals surface area contributed by atoms with Crippen LogP contribution >= 0.6 is 0 Å². The summed E-state index contributed by atoms with van der Waals surface area (Å²) in [5, 5.41) is 2.60. The Labute approximate surface area is 69.0 Å². The molecule has 12 heavy (non-hydrogen) atoms. The van der Waals surface area contributed by atoms with E-state index in [4.69, 9.17) is 9.47 Å². The number of nitrogens with one attached hydrogen (secondary N) is 1. The highest BCUT2D eigenvalue weighted by Gasteiger charge is 2.45. The lowest BCUT2D eigenvalue weighted by Gasteiger charge is -2.11. The molecule has 0 aromatic heterocycles. The molecule has 2 aliphatic rings. The van der Waals surface area contributed by atoms with Crippen molar-refractivity contribution in [1.82, 2.24) is 5.32 Å². The number of aldehydes is 1. The van der Waals surface area contributed by atoms with Gasteiger partial charge in [0, 0.05) is 6.42 Å². The van der Waals surface area contributed by atoms with Gasteiger partial charge < -0.3 is 19.6 Å². The van der Waals surface area contributed by atoms with Crippen LogP contribution < -0.4 is 5.32 Å². The zero-order chi connectivity index (χ0) is 8.55. The third-order valence-corrected chi connectivity index (χ3v) is 2.13. The van der Waals surface area contributed by atoms with Crippen LogP contribution in [-0.2, 0) is 14.3 Å². The maximum Gasteiger partial charge on any atom is 0.408 e. The van der Waals surface area contributed by atoms with Gasteiger partial charge in [0.15, 0.2) is 6.10 Å². The van der Waals surface area contributed by atoms with Crippen LogP contribution in [-0.4, -0.2) is 37.2 Å². The average Bonchev–Trinajstić information content (AvgIpc) is 2.52. The number of ether oxygens (including phenoxy) is 2. The van der Waals surface area contributed by atoms with Crippen LogP contribution in [0.1, 0.15) is 6.42 Å². The topological polar surface area (TPSA) is 64.6 Å². The number of carbonyl (C=O) groups excluding carboxylic acids is 2. The number of hydrogen-bond donors (Lipinski definition) is 1. The van der Waals surface area contributed by atoms with Crippen LogP contribution in [0.5, 0.6) is 0 Å². The summed E-state index contributed by atoms with van der Waals surface area (Å²) in [5.74, 6) is 0. The molecule has 2 rings (SSSR count). The Bertz CT molecular complexity index is 217. The molecule has 66 valence electrons. The van der Waals surface area contributed by atoms with Crippen molar-refractivity contribution in [3.05, 3.63) is 0 Å². The van der Waals surface area contributed by atoms with Gasteiger partial charge in [-0.1, -0.05) is 0 Å². The quantitative estimate of drug-likeness (QED) is 0.566. The van der Waals surface area contributed by atoms with Gasteiger partial charge in [-0.15, -0.1) is 0 Å². The summed E-state index contributed by atoms with van der Waals surface area (Å²) in [4.78, 5) is 20.9. The number of fused-ring (bicyclic) bond motifs is 1. The molecule has 0 aromatic rings. The first-order valence-corrected chi connectivity index (χ1v) is 3.83. The first-order chi connectivity index (χ1) is 5.81. The van der Waals surface area contributed by atoms with Crippen molar-refractivity contribution in [3.63, 3.8) is 0 Å². The van der Waals surface area contributed by atoms with E-state index in [9.17, 15) is 9.59 Å². The van der Waals surface area contributed by atoms with Gasteiger partial charge in [-0.2, -0.15) is 0 Å². The van der Waals surface area contributed by atoms with Gasteiger partial charge in [-0.05, 0) is 0 Å². The van der Waals surface area contributed by atoms with E-state index in [1.54, 1.807) is 0 Å². The molecule has 3 atom stereocenters. The molecule has 2 heterocycles. The van der Waals surface area contributed by atoms with Gasteiger partial charge in [-0.3, -0.25) is 0 Å². The second-order valence-electron chi connectivity index (χ2n) is 2.89. The molecule has 0 radical (unpaired) electrons. The van der Waals surface area contributed by atoms with Crippen molar-refractivity contribution < 1.29 is 19.1 Å². The van der Waals surface area contributed by atoms with E-state index >= 15 is 0 Å². The Balaban J connectivity index is 2.02. The second-order valence-corrected chi connectivity index (χ2v) is 2.89. The summed E-state index contributed by atoms with van der Waals surface area (Å²) in [5.41, 5.74) is 0. The van der Waals surface area contributed by atoms with Crippen molar-refractivity contribution in [2.45, 2.75) is 24.7 Å². The lowest BCUT2D eigenvalue weighted by Crippen LogP contribution is -2.32.